The summed E-state index contributed by atoms with van der Waals surface area (Å²) in [5.74, 6) is -0.533. The van der Waals surface area contributed by atoms with Crippen LogP contribution in [0.15, 0.2) is 29.2 Å². The Morgan fingerprint density at radius 3 is 2.37 bits per heavy atom. The van der Waals surface area contributed by atoms with E-state index < -0.39 is 21.4 Å². The number of nitrogens with one attached hydrogen (secondary N) is 1. The van der Waals surface area contributed by atoms with Crippen LogP contribution in [0.3, 0.4) is 0 Å². The highest BCUT2D eigenvalue weighted by atomic mass is 32.2. The van der Waals surface area contributed by atoms with E-state index in [0.29, 0.717) is 0 Å². The zero-order valence-corrected chi connectivity index (χ0v) is 12.2. The van der Waals surface area contributed by atoms with Gasteiger partial charge in [-0.2, -0.15) is 0 Å². The van der Waals surface area contributed by atoms with Gasteiger partial charge in [0, 0.05) is 6.54 Å². The number of hydrogen-bond acceptors (Lipinski definition) is 3. The van der Waals surface area contributed by atoms with Crippen LogP contribution in [-0.4, -0.2) is 25.7 Å². The van der Waals surface area contributed by atoms with Crippen LogP contribution in [0.4, 0.5) is 4.39 Å². The van der Waals surface area contributed by atoms with Crippen molar-refractivity contribution >= 4 is 10.0 Å². The van der Waals surface area contributed by atoms with Crippen molar-refractivity contribution in [1.82, 2.24) is 4.72 Å². The second-order valence-corrected chi connectivity index (χ2v) is 6.71. The summed E-state index contributed by atoms with van der Waals surface area (Å²) in [5, 5.41) is 10.2. The lowest BCUT2D eigenvalue weighted by molar-refractivity contribution is 0.0102. The molecule has 2 atom stereocenters. The Labute approximate surface area is 113 Å². The molecule has 0 bridgehead atoms. The number of hydrogen-bond donors (Lipinski definition) is 2. The van der Waals surface area contributed by atoms with Crippen LogP contribution in [-0.2, 0) is 10.0 Å². The standard InChI is InChI=1S/C13H20FNO3S/c1-4-10(2)13(3,16)9-15-19(17,18)12-7-5-11(14)6-8-12/h5-8,10,15-16H,4,9H2,1-3H3/t10-,13+/m0/s1. The van der Waals surface area contributed by atoms with Crippen LogP contribution >= 0.6 is 0 Å². The maximum Gasteiger partial charge on any atom is 0.240 e. The molecule has 0 aromatic heterocycles. The molecule has 2 N–H and O–H groups in total. The summed E-state index contributed by atoms with van der Waals surface area (Å²) < 4.78 is 39.0. The Hall–Kier alpha value is -0.980. The molecule has 0 aliphatic rings. The molecule has 0 aliphatic carbocycles. The average molecular weight is 289 g/mol. The van der Waals surface area contributed by atoms with Gasteiger partial charge in [-0.1, -0.05) is 20.3 Å². The highest BCUT2D eigenvalue weighted by molar-refractivity contribution is 7.89. The molecule has 0 fully saturated rings. The summed E-state index contributed by atoms with van der Waals surface area (Å²) in [4.78, 5) is -0.0196. The second kappa shape index (κ2) is 5.98. The Bertz CT molecular complexity index is 511. The first kappa shape index (κ1) is 16.1. The fourth-order valence-electron chi connectivity index (χ4n) is 1.55. The topological polar surface area (TPSA) is 66.4 Å². The smallest absolute Gasteiger partial charge is 0.240 e. The van der Waals surface area contributed by atoms with Crippen molar-refractivity contribution < 1.29 is 17.9 Å². The summed E-state index contributed by atoms with van der Waals surface area (Å²) in [6, 6.07) is 4.55. The summed E-state index contributed by atoms with van der Waals surface area (Å²) >= 11 is 0. The monoisotopic (exact) mass is 289 g/mol. The molecule has 0 unspecified atom stereocenters. The van der Waals surface area contributed by atoms with Gasteiger partial charge in [0.25, 0.3) is 0 Å². The molecule has 6 heteroatoms. The molecular formula is C13H20FNO3S. The SMILES string of the molecule is CC[C@H](C)[C@](C)(O)CNS(=O)(=O)c1ccc(F)cc1. The van der Waals surface area contributed by atoms with Gasteiger partial charge in [-0.15, -0.1) is 0 Å². The average Bonchev–Trinajstić information content (AvgIpc) is 2.36. The molecule has 1 rings (SSSR count). The minimum absolute atomic E-state index is 0.0196. The van der Waals surface area contributed by atoms with Crippen molar-refractivity contribution in [1.29, 1.82) is 0 Å². The predicted molar refractivity (Wildman–Crippen MR) is 71.7 cm³/mol. The predicted octanol–water partition coefficient (Wildman–Crippen LogP) is 1.90. The lowest BCUT2D eigenvalue weighted by atomic mass is 9.89. The molecule has 108 valence electrons. The van der Waals surface area contributed by atoms with E-state index in [1.807, 2.05) is 13.8 Å². The van der Waals surface area contributed by atoms with E-state index in [1.165, 1.54) is 12.1 Å². The van der Waals surface area contributed by atoms with E-state index in [2.05, 4.69) is 4.72 Å². The van der Waals surface area contributed by atoms with Crippen molar-refractivity contribution in [2.75, 3.05) is 6.54 Å². The molecule has 0 spiro atoms. The maximum absolute atomic E-state index is 12.7. The molecule has 4 nitrogen and oxygen atoms in total. The molecule has 0 amide bonds. The van der Waals surface area contributed by atoms with E-state index in [-0.39, 0.29) is 17.4 Å². The lowest BCUT2D eigenvalue weighted by Crippen LogP contribution is -2.44. The van der Waals surface area contributed by atoms with E-state index in [0.717, 1.165) is 18.6 Å². The quantitative estimate of drug-likeness (QED) is 0.840. The van der Waals surface area contributed by atoms with Crippen LogP contribution in [0.2, 0.25) is 0 Å². The van der Waals surface area contributed by atoms with Crippen molar-refractivity contribution in [3.8, 4) is 0 Å². The van der Waals surface area contributed by atoms with Crippen molar-refractivity contribution in [2.45, 2.75) is 37.7 Å². The van der Waals surface area contributed by atoms with E-state index in [4.69, 9.17) is 0 Å². The normalized spacial score (nSPS) is 16.9. The first-order chi connectivity index (χ1) is 8.69. The first-order valence-corrected chi connectivity index (χ1v) is 7.65. The van der Waals surface area contributed by atoms with Gasteiger partial charge in [0.05, 0.1) is 10.5 Å². The third-order valence-electron chi connectivity index (χ3n) is 3.42. The third-order valence-corrected chi connectivity index (χ3v) is 4.84. The zero-order valence-electron chi connectivity index (χ0n) is 11.4. The minimum atomic E-state index is -3.73. The van der Waals surface area contributed by atoms with Gasteiger partial charge < -0.3 is 5.11 Å². The third kappa shape index (κ3) is 4.26. The molecule has 1 aromatic carbocycles. The Kier molecular flexibility index (Phi) is 5.06. The minimum Gasteiger partial charge on any atom is -0.389 e. The van der Waals surface area contributed by atoms with E-state index in [9.17, 15) is 17.9 Å². The van der Waals surface area contributed by atoms with E-state index in [1.54, 1.807) is 6.92 Å². The number of benzene rings is 1. The number of sulfonamides is 1. The summed E-state index contributed by atoms with van der Waals surface area (Å²) in [5.41, 5.74) is -1.12. The van der Waals surface area contributed by atoms with Crippen LogP contribution in [0.5, 0.6) is 0 Å². The van der Waals surface area contributed by atoms with Gasteiger partial charge in [0.15, 0.2) is 0 Å². The van der Waals surface area contributed by atoms with Crippen molar-refractivity contribution in [2.24, 2.45) is 5.92 Å². The van der Waals surface area contributed by atoms with Crippen LogP contribution < -0.4 is 4.72 Å². The van der Waals surface area contributed by atoms with Gasteiger partial charge in [-0.05, 0) is 37.1 Å². The molecule has 0 heterocycles. The Morgan fingerprint density at radius 2 is 1.89 bits per heavy atom. The number of halogens is 1. The molecule has 1 aromatic rings. The molecular weight excluding hydrogens is 269 g/mol. The fraction of sp³-hybridized carbons (Fsp3) is 0.538. The van der Waals surface area contributed by atoms with Crippen molar-refractivity contribution in [3.05, 3.63) is 30.1 Å². The van der Waals surface area contributed by atoms with Gasteiger partial charge in [0.1, 0.15) is 5.82 Å². The molecule has 0 saturated carbocycles. The highest BCUT2D eigenvalue weighted by Crippen LogP contribution is 2.20. The van der Waals surface area contributed by atoms with Crippen LogP contribution in [0.1, 0.15) is 27.2 Å². The summed E-state index contributed by atoms with van der Waals surface area (Å²) in [6.45, 7) is 5.29. The molecule has 0 saturated heterocycles. The largest absolute Gasteiger partial charge is 0.389 e. The number of aliphatic hydroxyl groups is 1. The Morgan fingerprint density at radius 1 is 1.37 bits per heavy atom. The second-order valence-electron chi connectivity index (χ2n) is 4.94. The molecule has 0 aliphatic heterocycles. The molecule has 19 heavy (non-hydrogen) atoms. The molecule has 0 radical (unpaired) electrons. The van der Waals surface area contributed by atoms with Crippen molar-refractivity contribution in [3.63, 3.8) is 0 Å². The van der Waals surface area contributed by atoms with E-state index >= 15 is 0 Å². The van der Waals surface area contributed by atoms with Crippen LogP contribution in [0, 0.1) is 11.7 Å². The zero-order chi connectivity index (χ0) is 14.7. The fourth-order valence-corrected chi connectivity index (χ4v) is 2.70. The summed E-state index contributed by atoms with van der Waals surface area (Å²) in [7, 11) is -3.73. The summed E-state index contributed by atoms with van der Waals surface area (Å²) in [6.07, 6.45) is 0.741. The lowest BCUT2D eigenvalue weighted by Gasteiger charge is -2.29. The Balaban J connectivity index is 2.79. The number of rotatable bonds is 6. The first-order valence-electron chi connectivity index (χ1n) is 6.16. The van der Waals surface area contributed by atoms with Crippen LogP contribution in [0.25, 0.3) is 0 Å². The van der Waals surface area contributed by atoms with Gasteiger partial charge in [-0.3, -0.25) is 0 Å². The van der Waals surface area contributed by atoms with Gasteiger partial charge in [0.2, 0.25) is 10.0 Å². The maximum atomic E-state index is 12.7. The van der Waals surface area contributed by atoms with Gasteiger partial charge in [-0.25, -0.2) is 17.5 Å². The van der Waals surface area contributed by atoms with Gasteiger partial charge >= 0.3 is 0 Å². The highest BCUT2D eigenvalue weighted by Gasteiger charge is 2.29.